The largest absolute Gasteiger partial charge is 0.493 e. The maximum Gasteiger partial charge on any atom is 0.203 e. The van der Waals surface area contributed by atoms with Crippen LogP contribution in [0, 0.1) is 5.41 Å². The fourth-order valence-corrected chi connectivity index (χ4v) is 6.31. The summed E-state index contributed by atoms with van der Waals surface area (Å²) in [7, 11) is 5.01. The molecule has 3 nitrogen and oxygen atoms in total. The molecule has 0 saturated heterocycles. The van der Waals surface area contributed by atoms with E-state index >= 15 is 0 Å². The first-order valence-corrected chi connectivity index (χ1v) is 12.5. The smallest absolute Gasteiger partial charge is 0.203 e. The van der Waals surface area contributed by atoms with Gasteiger partial charge in [-0.25, -0.2) is 0 Å². The van der Waals surface area contributed by atoms with Gasteiger partial charge in [0.1, 0.15) is 0 Å². The molecule has 1 unspecified atom stereocenters. The van der Waals surface area contributed by atoms with Crippen LogP contribution in [0.25, 0.3) is 0 Å². The summed E-state index contributed by atoms with van der Waals surface area (Å²) in [6.45, 7) is 13.8. The van der Waals surface area contributed by atoms with Crippen molar-refractivity contribution in [3.63, 3.8) is 0 Å². The minimum absolute atomic E-state index is 0.171. The molecule has 5 heteroatoms. The van der Waals surface area contributed by atoms with Gasteiger partial charge in [0.25, 0.3) is 0 Å². The number of methoxy groups -OCH3 is 3. The summed E-state index contributed by atoms with van der Waals surface area (Å²) >= 11 is 4.02. The van der Waals surface area contributed by atoms with E-state index in [1.165, 1.54) is 43.4 Å². The molecular formula is C24H42O3S2. The third-order valence-corrected chi connectivity index (χ3v) is 7.50. The van der Waals surface area contributed by atoms with Crippen molar-refractivity contribution in [3.8, 4) is 17.2 Å². The minimum atomic E-state index is 0.171. The third kappa shape index (κ3) is 10.3. The van der Waals surface area contributed by atoms with E-state index in [9.17, 15) is 0 Å². The molecule has 0 spiro atoms. The molecule has 0 aromatic heterocycles. The van der Waals surface area contributed by atoms with Gasteiger partial charge in [-0.15, -0.1) is 23.5 Å². The number of benzene rings is 1. The number of ether oxygens (including phenoxy) is 3. The van der Waals surface area contributed by atoms with Gasteiger partial charge < -0.3 is 14.2 Å². The monoisotopic (exact) mass is 442 g/mol. The lowest BCUT2D eigenvalue weighted by atomic mass is 9.89. The second-order valence-corrected chi connectivity index (χ2v) is 13.1. The van der Waals surface area contributed by atoms with E-state index in [-0.39, 0.29) is 4.75 Å². The van der Waals surface area contributed by atoms with Crippen molar-refractivity contribution in [2.24, 2.45) is 5.41 Å². The van der Waals surface area contributed by atoms with Gasteiger partial charge >= 0.3 is 0 Å². The van der Waals surface area contributed by atoms with Crippen LogP contribution in [0.15, 0.2) is 12.1 Å². The highest BCUT2D eigenvalue weighted by Gasteiger charge is 2.24. The zero-order valence-corrected chi connectivity index (χ0v) is 21.6. The third-order valence-electron chi connectivity index (χ3n) is 4.51. The second-order valence-electron chi connectivity index (χ2n) is 9.62. The summed E-state index contributed by atoms with van der Waals surface area (Å²) in [5.74, 6) is 3.27. The first-order valence-electron chi connectivity index (χ1n) is 10.6. The first-order chi connectivity index (χ1) is 13.5. The molecule has 168 valence electrons. The van der Waals surface area contributed by atoms with Gasteiger partial charge in [0.15, 0.2) is 11.5 Å². The number of rotatable bonds is 12. The molecule has 0 amide bonds. The molecule has 29 heavy (non-hydrogen) atoms. The molecule has 1 rings (SSSR count). The molecule has 0 N–H and O–H groups in total. The maximum absolute atomic E-state index is 5.57. The topological polar surface area (TPSA) is 27.7 Å². The van der Waals surface area contributed by atoms with Gasteiger partial charge in [0.2, 0.25) is 5.75 Å². The lowest BCUT2D eigenvalue weighted by Gasteiger charge is -2.27. The van der Waals surface area contributed by atoms with E-state index in [2.05, 4.69) is 53.7 Å². The summed E-state index contributed by atoms with van der Waals surface area (Å²) < 4.78 is 17.1. The van der Waals surface area contributed by atoms with Crippen molar-refractivity contribution in [3.05, 3.63) is 17.7 Å². The molecule has 0 bridgehead atoms. The van der Waals surface area contributed by atoms with E-state index in [1.54, 1.807) is 21.3 Å². The van der Waals surface area contributed by atoms with Gasteiger partial charge in [0.05, 0.1) is 25.9 Å². The van der Waals surface area contributed by atoms with Crippen molar-refractivity contribution >= 4 is 23.5 Å². The summed E-state index contributed by atoms with van der Waals surface area (Å²) in [5, 5.41) is 0. The average Bonchev–Trinajstić information content (AvgIpc) is 2.63. The van der Waals surface area contributed by atoms with Gasteiger partial charge in [-0.1, -0.05) is 60.8 Å². The van der Waals surface area contributed by atoms with Crippen molar-refractivity contribution in [1.29, 1.82) is 0 Å². The molecule has 0 aliphatic rings. The number of hydrogen-bond acceptors (Lipinski definition) is 5. The van der Waals surface area contributed by atoms with Gasteiger partial charge in [-0.3, -0.25) is 0 Å². The summed E-state index contributed by atoms with van der Waals surface area (Å²) in [6.07, 6.45) is 6.56. The number of thioether (sulfide) groups is 2. The lowest BCUT2D eigenvalue weighted by Crippen LogP contribution is -2.10. The minimum Gasteiger partial charge on any atom is -0.493 e. The highest BCUT2D eigenvalue weighted by atomic mass is 32.2. The maximum atomic E-state index is 5.57. The molecule has 0 saturated carbocycles. The summed E-state index contributed by atoms with van der Waals surface area (Å²) in [5.41, 5.74) is 1.67. The SMILES string of the molecule is COc1cc(C(SCCCCCCC(C)(C)C)SC(C)(C)C)cc(OC)c1OC. The molecule has 1 aromatic carbocycles. The van der Waals surface area contributed by atoms with Crippen LogP contribution in [0.4, 0.5) is 0 Å². The Kier molecular flexibility index (Phi) is 11.1. The number of unbranched alkanes of at least 4 members (excludes halogenated alkanes) is 3. The van der Waals surface area contributed by atoms with Gasteiger partial charge in [0, 0.05) is 4.75 Å². The standard InChI is InChI=1S/C24H42O3S2/c1-23(2,3)14-12-10-11-13-15-28-22(29-24(4,5)6)18-16-19(25-7)21(27-9)20(17-18)26-8/h16-17,22H,10-15H2,1-9H3. The Hall–Kier alpha value is -0.680. The lowest BCUT2D eigenvalue weighted by molar-refractivity contribution is 0.324. The van der Waals surface area contributed by atoms with Crippen LogP contribution >= 0.6 is 23.5 Å². The Morgan fingerprint density at radius 1 is 0.793 bits per heavy atom. The first kappa shape index (κ1) is 26.4. The normalized spacial score (nSPS) is 13.3. The Labute approximate surface area is 188 Å². The van der Waals surface area contributed by atoms with E-state index in [0.29, 0.717) is 15.7 Å². The molecular weight excluding hydrogens is 400 g/mol. The van der Waals surface area contributed by atoms with E-state index in [1.807, 2.05) is 23.5 Å². The average molecular weight is 443 g/mol. The predicted octanol–water partition coefficient (Wildman–Crippen LogP) is 7.97. The number of hydrogen-bond donors (Lipinski definition) is 0. The van der Waals surface area contributed by atoms with Crippen LogP contribution in [0.2, 0.25) is 0 Å². The fraction of sp³-hybridized carbons (Fsp3) is 0.750. The van der Waals surface area contributed by atoms with Gasteiger partial charge in [-0.05, 0) is 41.7 Å². The van der Waals surface area contributed by atoms with E-state index in [0.717, 1.165) is 11.5 Å². The highest BCUT2D eigenvalue weighted by molar-refractivity contribution is 8.16. The predicted molar refractivity (Wildman–Crippen MR) is 131 cm³/mol. The van der Waals surface area contributed by atoms with Crippen LogP contribution in [0.1, 0.15) is 83.8 Å². The van der Waals surface area contributed by atoms with Crippen molar-refractivity contribution in [2.75, 3.05) is 27.1 Å². The Balaban J connectivity index is 2.78. The quantitative estimate of drug-likeness (QED) is 0.242. The van der Waals surface area contributed by atoms with Crippen LogP contribution < -0.4 is 14.2 Å². The second kappa shape index (κ2) is 12.2. The van der Waals surface area contributed by atoms with E-state index in [4.69, 9.17) is 14.2 Å². The zero-order valence-electron chi connectivity index (χ0n) is 20.0. The van der Waals surface area contributed by atoms with Crippen molar-refractivity contribution < 1.29 is 14.2 Å². The fourth-order valence-electron chi connectivity index (χ4n) is 3.06. The highest BCUT2D eigenvalue weighted by Crippen LogP contribution is 2.50. The molecule has 0 fully saturated rings. The Bertz CT molecular complexity index is 578. The van der Waals surface area contributed by atoms with Crippen molar-refractivity contribution in [1.82, 2.24) is 0 Å². The molecule has 1 atom stereocenters. The van der Waals surface area contributed by atoms with Crippen LogP contribution in [0.5, 0.6) is 17.2 Å². The molecule has 0 radical (unpaired) electrons. The molecule has 1 aromatic rings. The molecule has 0 aliphatic heterocycles. The van der Waals surface area contributed by atoms with Crippen molar-refractivity contribution in [2.45, 2.75) is 83.0 Å². The van der Waals surface area contributed by atoms with Crippen LogP contribution in [-0.4, -0.2) is 31.8 Å². The summed E-state index contributed by atoms with van der Waals surface area (Å²) in [4.78, 5) is 0. The van der Waals surface area contributed by atoms with E-state index < -0.39 is 0 Å². The molecule has 0 aliphatic carbocycles. The van der Waals surface area contributed by atoms with Gasteiger partial charge in [-0.2, -0.15) is 0 Å². The molecule has 0 heterocycles. The van der Waals surface area contributed by atoms with Crippen LogP contribution in [0.3, 0.4) is 0 Å². The Morgan fingerprint density at radius 2 is 1.34 bits per heavy atom. The summed E-state index contributed by atoms with van der Waals surface area (Å²) in [6, 6.07) is 4.20. The zero-order chi connectivity index (χ0) is 22.1. The Morgan fingerprint density at radius 3 is 1.79 bits per heavy atom. The van der Waals surface area contributed by atoms with Crippen LogP contribution in [-0.2, 0) is 0 Å².